The zero-order valence-corrected chi connectivity index (χ0v) is 16.9. The molecule has 3 amide bonds. The van der Waals surface area contributed by atoms with Gasteiger partial charge < -0.3 is 15.1 Å². The number of amides is 3. The third-order valence-electron chi connectivity index (χ3n) is 6.21. The Labute approximate surface area is 167 Å². The van der Waals surface area contributed by atoms with Gasteiger partial charge in [0.1, 0.15) is 0 Å². The van der Waals surface area contributed by atoms with E-state index in [1.165, 1.54) is 0 Å². The van der Waals surface area contributed by atoms with Crippen LogP contribution >= 0.6 is 0 Å². The number of carbonyl (C=O) groups excluding carboxylic acids is 3. The highest BCUT2D eigenvalue weighted by Gasteiger charge is 2.33. The summed E-state index contributed by atoms with van der Waals surface area (Å²) in [5.74, 6) is 0.253. The Balaban J connectivity index is 1.52. The fraction of sp³-hybridized carbons (Fsp3) is 0.591. The SMILES string of the molecule is CCc1cccc(C)c1NC(=O)C1CCC(C(=O)N2CCN(C=O)CC2)CC1. The van der Waals surface area contributed by atoms with Gasteiger partial charge in [0.2, 0.25) is 18.2 Å². The molecule has 0 radical (unpaired) electrons. The molecule has 2 aliphatic rings. The second-order valence-corrected chi connectivity index (χ2v) is 7.97. The number of carbonyl (C=O) groups is 3. The van der Waals surface area contributed by atoms with Gasteiger partial charge in [-0.05, 0) is 50.2 Å². The second-order valence-electron chi connectivity index (χ2n) is 7.97. The van der Waals surface area contributed by atoms with Crippen LogP contribution in [0.1, 0.15) is 43.7 Å². The standard InChI is InChI=1S/C22H31N3O3/c1-3-17-6-4-5-16(2)20(17)23-21(27)18-7-9-19(10-8-18)22(28)25-13-11-24(15-26)12-14-25/h4-6,15,18-19H,3,7-14H2,1-2H3,(H,23,27). The lowest BCUT2D eigenvalue weighted by molar-refractivity contribution is -0.140. The molecule has 0 spiro atoms. The monoisotopic (exact) mass is 385 g/mol. The number of hydrogen-bond donors (Lipinski definition) is 1. The van der Waals surface area contributed by atoms with Gasteiger partial charge in [0.15, 0.2) is 0 Å². The Hall–Kier alpha value is -2.37. The van der Waals surface area contributed by atoms with Crippen LogP contribution in [0.2, 0.25) is 0 Å². The first-order valence-corrected chi connectivity index (χ1v) is 10.4. The third-order valence-corrected chi connectivity index (χ3v) is 6.21. The molecule has 1 aromatic carbocycles. The highest BCUT2D eigenvalue weighted by Crippen LogP contribution is 2.32. The first kappa shape index (κ1) is 20.4. The fourth-order valence-electron chi connectivity index (χ4n) is 4.34. The van der Waals surface area contributed by atoms with Crippen molar-refractivity contribution in [1.82, 2.24) is 9.80 Å². The number of aryl methyl sites for hydroxylation is 2. The third kappa shape index (κ3) is 4.54. The molecular formula is C22H31N3O3. The molecule has 2 fully saturated rings. The molecule has 1 aromatic rings. The van der Waals surface area contributed by atoms with E-state index in [4.69, 9.17) is 0 Å². The van der Waals surface area contributed by atoms with Gasteiger partial charge in [-0.25, -0.2) is 0 Å². The average molecular weight is 386 g/mol. The number of nitrogens with zero attached hydrogens (tertiary/aromatic N) is 2. The number of para-hydroxylation sites is 1. The van der Waals surface area contributed by atoms with E-state index in [1.807, 2.05) is 24.0 Å². The summed E-state index contributed by atoms with van der Waals surface area (Å²) in [5, 5.41) is 3.15. The van der Waals surface area contributed by atoms with Crippen molar-refractivity contribution in [2.24, 2.45) is 11.8 Å². The number of benzene rings is 1. The smallest absolute Gasteiger partial charge is 0.227 e. The average Bonchev–Trinajstić information content (AvgIpc) is 2.74. The van der Waals surface area contributed by atoms with E-state index in [1.54, 1.807) is 4.90 Å². The van der Waals surface area contributed by atoms with E-state index in [0.29, 0.717) is 26.2 Å². The Bertz CT molecular complexity index is 718. The molecule has 6 nitrogen and oxygen atoms in total. The number of piperazine rings is 1. The molecule has 1 N–H and O–H groups in total. The lowest BCUT2D eigenvalue weighted by Crippen LogP contribution is -2.50. The van der Waals surface area contributed by atoms with Crippen molar-refractivity contribution in [3.63, 3.8) is 0 Å². The van der Waals surface area contributed by atoms with Gasteiger partial charge in [0, 0.05) is 43.7 Å². The molecule has 1 saturated heterocycles. The fourth-order valence-corrected chi connectivity index (χ4v) is 4.34. The van der Waals surface area contributed by atoms with Gasteiger partial charge in [-0.3, -0.25) is 14.4 Å². The van der Waals surface area contributed by atoms with Crippen LogP contribution in [0.3, 0.4) is 0 Å². The minimum absolute atomic E-state index is 0.0106. The number of hydrogen-bond acceptors (Lipinski definition) is 3. The summed E-state index contributed by atoms with van der Waals surface area (Å²) in [6.45, 7) is 6.58. The quantitative estimate of drug-likeness (QED) is 0.792. The zero-order chi connectivity index (χ0) is 20.1. The van der Waals surface area contributed by atoms with E-state index >= 15 is 0 Å². The summed E-state index contributed by atoms with van der Waals surface area (Å²) in [6, 6.07) is 6.10. The summed E-state index contributed by atoms with van der Waals surface area (Å²) in [5.41, 5.74) is 3.19. The maximum atomic E-state index is 12.8. The molecule has 0 aromatic heterocycles. The van der Waals surface area contributed by atoms with Crippen molar-refractivity contribution in [3.8, 4) is 0 Å². The van der Waals surface area contributed by atoms with Gasteiger partial charge in [0.25, 0.3) is 0 Å². The van der Waals surface area contributed by atoms with Crippen LogP contribution in [-0.4, -0.2) is 54.2 Å². The molecule has 0 bridgehead atoms. The van der Waals surface area contributed by atoms with E-state index in [-0.39, 0.29) is 23.7 Å². The molecule has 1 heterocycles. The molecule has 6 heteroatoms. The van der Waals surface area contributed by atoms with Crippen LogP contribution in [0.25, 0.3) is 0 Å². The first-order valence-electron chi connectivity index (χ1n) is 10.4. The van der Waals surface area contributed by atoms with Crippen LogP contribution < -0.4 is 5.32 Å². The van der Waals surface area contributed by atoms with Crippen LogP contribution in [0.5, 0.6) is 0 Å². The van der Waals surface area contributed by atoms with Gasteiger partial charge in [-0.15, -0.1) is 0 Å². The van der Waals surface area contributed by atoms with Crippen molar-refractivity contribution in [2.75, 3.05) is 31.5 Å². The van der Waals surface area contributed by atoms with E-state index in [2.05, 4.69) is 18.3 Å². The van der Waals surface area contributed by atoms with Crippen molar-refractivity contribution in [3.05, 3.63) is 29.3 Å². The van der Waals surface area contributed by atoms with Crippen LogP contribution in [0.15, 0.2) is 18.2 Å². The highest BCUT2D eigenvalue weighted by molar-refractivity contribution is 5.94. The first-order chi connectivity index (χ1) is 13.5. The molecular weight excluding hydrogens is 354 g/mol. The maximum Gasteiger partial charge on any atom is 0.227 e. The molecule has 152 valence electrons. The van der Waals surface area contributed by atoms with Gasteiger partial charge in [-0.2, -0.15) is 0 Å². The largest absolute Gasteiger partial charge is 0.342 e. The lowest BCUT2D eigenvalue weighted by atomic mass is 9.80. The van der Waals surface area contributed by atoms with E-state index in [9.17, 15) is 14.4 Å². The Kier molecular flexibility index (Phi) is 6.70. The number of nitrogens with one attached hydrogen (secondary N) is 1. The van der Waals surface area contributed by atoms with Crippen molar-refractivity contribution < 1.29 is 14.4 Å². The van der Waals surface area contributed by atoms with Crippen molar-refractivity contribution >= 4 is 23.9 Å². The zero-order valence-electron chi connectivity index (χ0n) is 16.9. The van der Waals surface area contributed by atoms with E-state index in [0.717, 1.165) is 55.3 Å². The Morgan fingerprint density at radius 3 is 2.32 bits per heavy atom. The summed E-state index contributed by atoms with van der Waals surface area (Å²) >= 11 is 0. The van der Waals surface area contributed by atoms with Crippen LogP contribution in [0.4, 0.5) is 5.69 Å². The van der Waals surface area contributed by atoms with Crippen LogP contribution in [0, 0.1) is 18.8 Å². The summed E-state index contributed by atoms with van der Waals surface area (Å²) < 4.78 is 0. The summed E-state index contributed by atoms with van der Waals surface area (Å²) in [6.07, 6.45) is 4.77. The van der Waals surface area contributed by atoms with E-state index < -0.39 is 0 Å². The molecule has 0 atom stereocenters. The predicted molar refractivity (Wildman–Crippen MR) is 109 cm³/mol. The van der Waals surface area contributed by atoms with Gasteiger partial charge in [0.05, 0.1) is 0 Å². The second kappa shape index (κ2) is 9.22. The minimum atomic E-state index is -0.0275. The van der Waals surface area contributed by atoms with Crippen LogP contribution in [-0.2, 0) is 20.8 Å². The molecule has 1 saturated carbocycles. The lowest BCUT2D eigenvalue weighted by Gasteiger charge is -2.36. The summed E-state index contributed by atoms with van der Waals surface area (Å²) in [4.78, 5) is 40.0. The van der Waals surface area contributed by atoms with Gasteiger partial charge in [-0.1, -0.05) is 25.1 Å². The van der Waals surface area contributed by atoms with Crippen molar-refractivity contribution in [2.45, 2.75) is 46.0 Å². The normalized spacial score (nSPS) is 22.6. The molecule has 28 heavy (non-hydrogen) atoms. The van der Waals surface area contributed by atoms with Crippen molar-refractivity contribution in [1.29, 1.82) is 0 Å². The molecule has 1 aliphatic heterocycles. The maximum absolute atomic E-state index is 12.8. The predicted octanol–water partition coefficient (Wildman–Crippen LogP) is 2.60. The summed E-state index contributed by atoms with van der Waals surface area (Å²) in [7, 11) is 0. The highest BCUT2D eigenvalue weighted by atomic mass is 16.2. The molecule has 3 rings (SSSR count). The minimum Gasteiger partial charge on any atom is -0.342 e. The number of rotatable bonds is 5. The Morgan fingerprint density at radius 1 is 1.07 bits per heavy atom. The Morgan fingerprint density at radius 2 is 1.71 bits per heavy atom. The topological polar surface area (TPSA) is 69.7 Å². The molecule has 1 aliphatic carbocycles. The molecule has 0 unspecified atom stereocenters. The number of anilines is 1. The van der Waals surface area contributed by atoms with Gasteiger partial charge >= 0.3 is 0 Å².